The van der Waals surface area contributed by atoms with E-state index in [0.717, 1.165) is 22.8 Å². The number of ether oxygens (including phenoxy) is 1. The van der Waals surface area contributed by atoms with Crippen LogP contribution in [0.5, 0.6) is 5.75 Å². The lowest BCUT2D eigenvalue weighted by Gasteiger charge is -2.19. The maximum absolute atomic E-state index is 5.82. The highest BCUT2D eigenvalue weighted by Gasteiger charge is 2.11. The largest absolute Gasteiger partial charge is 0.487 e. The van der Waals surface area contributed by atoms with Crippen molar-refractivity contribution < 1.29 is 4.74 Å². The number of hydrogen-bond donors (Lipinski definition) is 2. The van der Waals surface area contributed by atoms with Crippen LogP contribution in [0, 0.1) is 0 Å². The molecule has 0 amide bonds. The monoisotopic (exact) mass is 271 g/mol. The summed E-state index contributed by atoms with van der Waals surface area (Å²) in [5.74, 6) is 1.51. The molecule has 1 aromatic heterocycles. The second-order valence-corrected chi connectivity index (χ2v) is 5.05. The van der Waals surface area contributed by atoms with Gasteiger partial charge in [-0.1, -0.05) is 12.1 Å². The van der Waals surface area contributed by atoms with Gasteiger partial charge in [0.2, 0.25) is 0 Å². The average Bonchev–Trinajstić information content (AvgIpc) is 2.40. The van der Waals surface area contributed by atoms with Gasteiger partial charge in [0, 0.05) is 11.9 Å². The molecule has 3 N–H and O–H groups in total. The second kappa shape index (κ2) is 6.28. The van der Waals surface area contributed by atoms with E-state index in [-0.39, 0.29) is 12.1 Å². The molecular weight excluding hydrogens is 250 g/mol. The van der Waals surface area contributed by atoms with Crippen molar-refractivity contribution in [2.45, 2.75) is 32.9 Å². The maximum atomic E-state index is 5.82. The smallest absolute Gasteiger partial charge is 0.169 e. The van der Waals surface area contributed by atoms with Gasteiger partial charge in [-0.25, -0.2) is 4.98 Å². The lowest BCUT2D eigenvalue weighted by molar-refractivity contribution is 0.242. The van der Waals surface area contributed by atoms with Crippen LogP contribution in [-0.4, -0.2) is 11.1 Å². The van der Waals surface area contributed by atoms with E-state index in [1.807, 2.05) is 50.2 Å². The number of nitrogens with one attached hydrogen (secondary N) is 1. The third-order valence-corrected chi connectivity index (χ3v) is 2.90. The predicted octanol–water partition coefficient (Wildman–Crippen LogP) is 3.62. The van der Waals surface area contributed by atoms with Gasteiger partial charge in [0.15, 0.2) is 11.6 Å². The number of benzene rings is 1. The lowest BCUT2D eigenvalue weighted by atomic mass is 10.1. The first-order valence-electron chi connectivity index (χ1n) is 6.80. The summed E-state index contributed by atoms with van der Waals surface area (Å²) < 4.78 is 5.76. The SMILES string of the molecule is CC(C)Oc1cccnc1NC(C)c1cccc(N)c1. The van der Waals surface area contributed by atoms with E-state index in [4.69, 9.17) is 10.5 Å². The van der Waals surface area contributed by atoms with Gasteiger partial charge in [0.1, 0.15) is 0 Å². The van der Waals surface area contributed by atoms with Crippen LogP contribution in [0.25, 0.3) is 0 Å². The molecule has 0 aliphatic heterocycles. The summed E-state index contributed by atoms with van der Waals surface area (Å²) in [5.41, 5.74) is 7.69. The van der Waals surface area contributed by atoms with Gasteiger partial charge in [-0.3, -0.25) is 0 Å². The molecule has 106 valence electrons. The van der Waals surface area contributed by atoms with Crippen LogP contribution in [0.1, 0.15) is 32.4 Å². The van der Waals surface area contributed by atoms with Crippen LogP contribution in [-0.2, 0) is 0 Å². The van der Waals surface area contributed by atoms with Crippen LogP contribution in [0.15, 0.2) is 42.6 Å². The van der Waals surface area contributed by atoms with Crippen molar-refractivity contribution in [1.82, 2.24) is 4.98 Å². The molecule has 2 aromatic rings. The minimum absolute atomic E-state index is 0.0999. The zero-order valence-corrected chi connectivity index (χ0v) is 12.1. The highest BCUT2D eigenvalue weighted by molar-refractivity contribution is 5.52. The zero-order chi connectivity index (χ0) is 14.5. The standard InChI is InChI=1S/C16H21N3O/c1-11(2)20-15-8-5-9-18-16(15)19-12(3)13-6-4-7-14(17)10-13/h4-12H,17H2,1-3H3,(H,18,19). The molecule has 0 saturated carbocycles. The van der Waals surface area contributed by atoms with E-state index in [2.05, 4.69) is 17.2 Å². The van der Waals surface area contributed by atoms with Gasteiger partial charge >= 0.3 is 0 Å². The second-order valence-electron chi connectivity index (χ2n) is 5.05. The molecule has 1 aromatic carbocycles. The Hall–Kier alpha value is -2.23. The number of aromatic nitrogens is 1. The molecule has 0 aliphatic carbocycles. The van der Waals surface area contributed by atoms with Crippen LogP contribution in [0.4, 0.5) is 11.5 Å². The quantitative estimate of drug-likeness (QED) is 0.815. The number of hydrogen-bond acceptors (Lipinski definition) is 4. The van der Waals surface area contributed by atoms with Gasteiger partial charge in [-0.15, -0.1) is 0 Å². The van der Waals surface area contributed by atoms with Crippen molar-refractivity contribution in [3.63, 3.8) is 0 Å². The van der Waals surface area contributed by atoms with E-state index in [9.17, 15) is 0 Å². The molecule has 0 saturated heterocycles. The Morgan fingerprint density at radius 3 is 2.65 bits per heavy atom. The summed E-state index contributed by atoms with van der Waals surface area (Å²) in [6, 6.07) is 11.7. The molecule has 0 fully saturated rings. The van der Waals surface area contributed by atoms with Gasteiger partial charge in [-0.05, 0) is 50.6 Å². The zero-order valence-electron chi connectivity index (χ0n) is 12.1. The van der Waals surface area contributed by atoms with E-state index in [1.165, 1.54) is 0 Å². The normalized spacial score (nSPS) is 12.2. The molecule has 0 bridgehead atoms. The topological polar surface area (TPSA) is 60.2 Å². The molecular formula is C16H21N3O. The molecule has 4 heteroatoms. The fraction of sp³-hybridized carbons (Fsp3) is 0.312. The molecule has 0 spiro atoms. The van der Waals surface area contributed by atoms with Crippen molar-refractivity contribution in [3.05, 3.63) is 48.2 Å². The fourth-order valence-corrected chi connectivity index (χ4v) is 1.96. The molecule has 4 nitrogen and oxygen atoms in total. The Morgan fingerprint density at radius 1 is 1.15 bits per heavy atom. The van der Waals surface area contributed by atoms with E-state index < -0.39 is 0 Å². The van der Waals surface area contributed by atoms with Crippen molar-refractivity contribution in [1.29, 1.82) is 0 Å². The highest BCUT2D eigenvalue weighted by atomic mass is 16.5. The molecule has 1 unspecified atom stereocenters. The van der Waals surface area contributed by atoms with Gasteiger partial charge < -0.3 is 15.8 Å². The summed E-state index contributed by atoms with van der Waals surface area (Å²) >= 11 is 0. The molecule has 0 aliphatic rings. The highest BCUT2D eigenvalue weighted by Crippen LogP contribution is 2.27. The van der Waals surface area contributed by atoms with Crippen LogP contribution in [0.2, 0.25) is 0 Å². The minimum atomic E-state index is 0.0999. The van der Waals surface area contributed by atoms with E-state index in [0.29, 0.717) is 0 Å². The Bertz CT molecular complexity index is 569. The third kappa shape index (κ3) is 3.63. The average molecular weight is 271 g/mol. The third-order valence-electron chi connectivity index (χ3n) is 2.90. The van der Waals surface area contributed by atoms with Crippen LogP contribution in [0.3, 0.4) is 0 Å². The number of nitrogens with two attached hydrogens (primary N) is 1. The van der Waals surface area contributed by atoms with Crippen molar-refractivity contribution >= 4 is 11.5 Å². The maximum Gasteiger partial charge on any atom is 0.169 e. The molecule has 1 atom stereocenters. The summed E-state index contributed by atoms with van der Waals surface area (Å²) in [7, 11) is 0. The number of nitrogens with zero attached hydrogens (tertiary/aromatic N) is 1. The first-order chi connectivity index (χ1) is 9.56. The molecule has 2 rings (SSSR count). The number of rotatable bonds is 5. The van der Waals surface area contributed by atoms with Gasteiger partial charge in [0.05, 0.1) is 12.1 Å². The summed E-state index contributed by atoms with van der Waals surface area (Å²) in [5, 5.41) is 3.37. The van der Waals surface area contributed by atoms with Crippen molar-refractivity contribution in [2.75, 3.05) is 11.1 Å². The molecule has 1 heterocycles. The van der Waals surface area contributed by atoms with Crippen molar-refractivity contribution in [3.8, 4) is 5.75 Å². The number of anilines is 2. The molecule has 20 heavy (non-hydrogen) atoms. The fourth-order valence-electron chi connectivity index (χ4n) is 1.96. The first kappa shape index (κ1) is 14.2. The summed E-state index contributed by atoms with van der Waals surface area (Å²) in [6.07, 6.45) is 1.86. The predicted molar refractivity (Wildman–Crippen MR) is 82.9 cm³/mol. The Balaban J connectivity index is 2.17. The van der Waals surface area contributed by atoms with E-state index >= 15 is 0 Å². The summed E-state index contributed by atoms with van der Waals surface area (Å²) in [6.45, 7) is 6.07. The minimum Gasteiger partial charge on any atom is -0.487 e. The Kier molecular flexibility index (Phi) is 4.45. The van der Waals surface area contributed by atoms with Gasteiger partial charge in [0.25, 0.3) is 0 Å². The number of nitrogen functional groups attached to an aromatic ring is 1. The first-order valence-corrected chi connectivity index (χ1v) is 6.80. The Morgan fingerprint density at radius 2 is 1.95 bits per heavy atom. The number of pyridine rings is 1. The van der Waals surface area contributed by atoms with Crippen molar-refractivity contribution in [2.24, 2.45) is 0 Å². The lowest BCUT2D eigenvalue weighted by Crippen LogP contribution is -2.12. The Labute approximate surface area is 120 Å². The van der Waals surface area contributed by atoms with E-state index in [1.54, 1.807) is 6.20 Å². The molecule has 0 radical (unpaired) electrons. The van der Waals surface area contributed by atoms with Crippen LogP contribution >= 0.6 is 0 Å². The van der Waals surface area contributed by atoms with Crippen LogP contribution < -0.4 is 15.8 Å². The summed E-state index contributed by atoms with van der Waals surface area (Å²) in [4.78, 5) is 4.35. The van der Waals surface area contributed by atoms with Gasteiger partial charge in [-0.2, -0.15) is 0 Å².